The molecule has 1 atom stereocenters. The molecule has 0 spiro atoms. The van der Waals surface area contributed by atoms with Gasteiger partial charge < -0.3 is 20.3 Å². The second kappa shape index (κ2) is 6.00. The number of methoxy groups -OCH3 is 2. The third kappa shape index (κ3) is 3.32. The van der Waals surface area contributed by atoms with Crippen molar-refractivity contribution in [3.8, 4) is 11.5 Å². The lowest BCUT2D eigenvalue weighted by molar-refractivity contribution is -0.139. The number of carboxylic acid groups (broad SMARTS) is 1. The van der Waals surface area contributed by atoms with Crippen LogP contribution < -0.4 is 15.2 Å². The van der Waals surface area contributed by atoms with Gasteiger partial charge in [-0.3, -0.25) is 4.79 Å². The Morgan fingerprint density at radius 1 is 1.30 bits per heavy atom. The minimum atomic E-state index is -4.61. The highest BCUT2D eigenvalue weighted by atomic mass is 19.4. The van der Waals surface area contributed by atoms with Gasteiger partial charge in [-0.25, -0.2) is 0 Å². The van der Waals surface area contributed by atoms with Crippen LogP contribution in [0.3, 0.4) is 0 Å². The number of rotatable bonds is 5. The van der Waals surface area contributed by atoms with Crippen molar-refractivity contribution in [2.45, 2.75) is 18.6 Å². The maximum atomic E-state index is 12.8. The average Bonchev–Trinajstić information content (AvgIpc) is 2.36. The topological polar surface area (TPSA) is 81.8 Å². The van der Waals surface area contributed by atoms with Crippen LogP contribution in [0.2, 0.25) is 0 Å². The molecule has 0 aromatic heterocycles. The first-order valence-electron chi connectivity index (χ1n) is 5.51. The summed E-state index contributed by atoms with van der Waals surface area (Å²) in [5.74, 6) is -1.92. The first-order chi connectivity index (χ1) is 9.22. The molecular weight excluding hydrogens is 279 g/mol. The molecule has 1 aromatic rings. The summed E-state index contributed by atoms with van der Waals surface area (Å²) < 4.78 is 48.1. The van der Waals surface area contributed by atoms with Crippen LogP contribution in [0, 0.1) is 0 Å². The second-order valence-electron chi connectivity index (χ2n) is 3.99. The van der Waals surface area contributed by atoms with Gasteiger partial charge in [-0.15, -0.1) is 0 Å². The summed E-state index contributed by atoms with van der Waals surface area (Å²) in [5.41, 5.74) is 4.60. The van der Waals surface area contributed by atoms with Gasteiger partial charge in [0.25, 0.3) is 0 Å². The van der Waals surface area contributed by atoms with Crippen molar-refractivity contribution in [2.24, 2.45) is 5.73 Å². The zero-order valence-electron chi connectivity index (χ0n) is 10.8. The van der Waals surface area contributed by atoms with E-state index < -0.39 is 29.5 Å². The maximum Gasteiger partial charge on any atom is 0.420 e. The van der Waals surface area contributed by atoms with Crippen LogP contribution in [0.15, 0.2) is 12.1 Å². The molecule has 1 unspecified atom stereocenters. The molecule has 5 nitrogen and oxygen atoms in total. The van der Waals surface area contributed by atoms with Crippen molar-refractivity contribution in [3.05, 3.63) is 23.3 Å². The average molecular weight is 293 g/mol. The number of halogens is 3. The van der Waals surface area contributed by atoms with Crippen LogP contribution in [0.4, 0.5) is 13.2 Å². The molecule has 0 aliphatic heterocycles. The van der Waals surface area contributed by atoms with Crippen LogP contribution in [0.5, 0.6) is 11.5 Å². The molecule has 1 aromatic carbocycles. The molecule has 3 N–H and O–H groups in total. The third-order valence-electron chi connectivity index (χ3n) is 2.66. The van der Waals surface area contributed by atoms with Crippen LogP contribution in [-0.4, -0.2) is 31.3 Å². The third-order valence-corrected chi connectivity index (χ3v) is 2.66. The molecule has 0 radical (unpaired) electrons. The predicted octanol–water partition coefficient (Wildman–Crippen LogP) is 1.68. The van der Waals surface area contributed by atoms with E-state index in [1.807, 2.05) is 0 Å². The zero-order valence-corrected chi connectivity index (χ0v) is 10.8. The van der Waals surface area contributed by atoms with Crippen molar-refractivity contribution in [1.82, 2.24) is 0 Å². The molecule has 0 aliphatic carbocycles. The van der Waals surface area contributed by atoms with Gasteiger partial charge in [0.15, 0.2) is 11.5 Å². The highest BCUT2D eigenvalue weighted by Crippen LogP contribution is 2.43. The molecule has 20 heavy (non-hydrogen) atoms. The van der Waals surface area contributed by atoms with Gasteiger partial charge in [0.2, 0.25) is 0 Å². The van der Waals surface area contributed by atoms with Gasteiger partial charge in [0, 0.05) is 12.0 Å². The molecule has 0 saturated carbocycles. The summed E-state index contributed by atoms with van der Waals surface area (Å²) in [6, 6.07) is 0.698. The Labute approximate surface area is 113 Å². The highest BCUT2D eigenvalue weighted by Gasteiger charge is 2.36. The van der Waals surface area contributed by atoms with Gasteiger partial charge in [-0.05, 0) is 6.07 Å². The van der Waals surface area contributed by atoms with E-state index in [1.54, 1.807) is 0 Å². The molecule has 8 heteroatoms. The summed E-state index contributed by atoms with van der Waals surface area (Å²) >= 11 is 0. The molecule has 0 fully saturated rings. The lowest BCUT2D eigenvalue weighted by atomic mass is 10.0. The monoisotopic (exact) mass is 293 g/mol. The van der Waals surface area contributed by atoms with Gasteiger partial charge in [0.05, 0.1) is 14.2 Å². The lowest BCUT2D eigenvalue weighted by Crippen LogP contribution is -2.32. The summed E-state index contributed by atoms with van der Waals surface area (Å²) in [5, 5.41) is 8.74. The Balaban J connectivity index is 3.32. The number of alkyl halides is 3. The standard InChI is InChI=1S/C12H14F3NO4/c1-19-9-6(5-8(16)11(17)18)3-4-7(10(9)20-2)12(13,14)15/h3-4,8H,5,16H2,1-2H3,(H,17,18). The number of aliphatic carboxylic acids is 1. The van der Waals surface area contributed by atoms with Crippen LogP contribution in [0.25, 0.3) is 0 Å². The smallest absolute Gasteiger partial charge is 0.420 e. The number of hydrogen-bond donors (Lipinski definition) is 2. The number of benzene rings is 1. The van der Waals surface area contributed by atoms with Crippen molar-refractivity contribution < 1.29 is 32.5 Å². The predicted molar refractivity (Wildman–Crippen MR) is 63.9 cm³/mol. The van der Waals surface area contributed by atoms with E-state index in [2.05, 4.69) is 0 Å². The van der Waals surface area contributed by atoms with E-state index >= 15 is 0 Å². The van der Waals surface area contributed by atoms with Crippen molar-refractivity contribution >= 4 is 5.97 Å². The van der Waals surface area contributed by atoms with Crippen molar-refractivity contribution in [2.75, 3.05) is 14.2 Å². The number of nitrogens with two attached hydrogens (primary N) is 1. The second-order valence-corrected chi connectivity index (χ2v) is 3.99. The highest BCUT2D eigenvalue weighted by molar-refractivity contribution is 5.74. The van der Waals surface area contributed by atoms with E-state index in [1.165, 1.54) is 7.11 Å². The molecule has 0 amide bonds. The lowest BCUT2D eigenvalue weighted by Gasteiger charge is -2.18. The Morgan fingerprint density at radius 2 is 1.85 bits per heavy atom. The van der Waals surface area contributed by atoms with Gasteiger partial charge in [-0.1, -0.05) is 6.07 Å². The minimum Gasteiger partial charge on any atom is -0.493 e. The van der Waals surface area contributed by atoms with Crippen LogP contribution in [-0.2, 0) is 17.4 Å². The largest absolute Gasteiger partial charge is 0.493 e. The first kappa shape index (κ1) is 16.1. The fraction of sp³-hybridized carbons (Fsp3) is 0.417. The molecule has 0 saturated heterocycles. The van der Waals surface area contributed by atoms with E-state index in [9.17, 15) is 18.0 Å². The summed E-state index contributed by atoms with van der Waals surface area (Å²) in [6.45, 7) is 0. The SMILES string of the molecule is COc1c(CC(N)C(=O)O)ccc(C(F)(F)F)c1OC. The van der Waals surface area contributed by atoms with Gasteiger partial charge in [-0.2, -0.15) is 13.2 Å². The molecule has 0 heterocycles. The fourth-order valence-electron chi connectivity index (χ4n) is 1.74. The summed E-state index contributed by atoms with van der Waals surface area (Å²) in [4.78, 5) is 10.7. The number of carbonyl (C=O) groups is 1. The minimum absolute atomic E-state index is 0.168. The molecule has 0 aliphatic rings. The fourth-order valence-corrected chi connectivity index (χ4v) is 1.74. The number of ether oxygens (including phenoxy) is 2. The van der Waals surface area contributed by atoms with Crippen LogP contribution in [0.1, 0.15) is 11.1 Å². The first-order valence-corrected chi connectivity index (χ1v) is 5.51. The Bertz CT molecular complexity index is 502. The number of carboxylic acids is 1. The van der Waals surface area contributed by atoms with E-state index in [0.717, 1.165) is 19.2 Å². The normalized spacial score (nSPS) is 12.9. The Morgan fingerprint density at radius 3 is 2.25 bits per heavy atom. The molecular formula is C12H14F3NO4. The summed E-state index contributed by atoms with van der Waals surface area (Å²) in [7, 11) is 2.25. The Hall–Kier alpha value is -1.96. The Kier molecular flexibility index (Phi) is 4.83. The molecule has 1 rings (SSSR count). The van der Waals surface area contributed by atoms with Gasteiger partial charge >= 0.3 is 12.1 Å². The summed E-state index contributed by atoms with van der Waals surface area (Å²) in [6.07, 6.45) is -4.78. The van der Waals surface area contributed by atoms with Crippen molar-refractivity contribution in [1.29, 1.82) is 0 Å². The maximum absolute atomic E-state index is 12.8. The quantitative estimate of drug-likeness (QED) is 0.863. The van der Waals surface area contributed by atoms with Crippen LogP contribution >= 0.6 is 0 Å². The number of hydrogen-bond acceptors (Lipinski definition) is 4. The van der Waals surface area contributed by atoms with Crippen molar-refractivity contribution in [3.63, 3.8) is 0 Å². The van der Waals surface area contributed by atoms with E-state index in [4.69, 9.17) is 20.3 Å². The van der Waals surface area contributed by atoms with Gasteiger partial charge in [0.1, 0.15) is 11.6 Å². The van der Waals surface area contributed by atoms with E-state index in [-0.39, 0.29) is 17.7 Å². The zero-order chi connectivity index (χ0) is 15.5. The molecule has 0 bridgehead atoms. The van der Waals surface area contributed by atoms with E-state index in [0.29, 0.717) is 0 Å². The molecule has 112 valence electrons.